The molecule has 6 heteroatoms. The summed E-state index contributed by atoms with van der Waals surface area (Å²) in [5.74, 6) is -0.0937. The third kappa shape index (κ3) is 3.60. The zero-order valence-corrected chi connectivity index (χ0v) is 15.2. The van der Waals surface area contributed by atoms with Gasteiger partial charge in [0.25, 0.3) is 5.91 Å². The lowest BCUT2D eigenvalue weighted by atomic mass is 9.95. The first-order chi connectivity index (χ1) is 11.8. The summed E-state index contributed by atoms with van der Waals surface area (Å²) in [6, 6.07) is 14.6. The van der Waals surface area contributed by atoms with Crippen LogP contribution in [-0.2, 0) is 9.84 Å². The van der Waals surface area contributed by atoms with Crippen LogP contribution in [-0.4, -0.2) is 44.6 Å². The highest BCUT2D eigenvalue weighted by Crippen LogP contribution is 2.28. The number of hydrogen-bond acceptors (Lipinski definition) is 4. The molecule has 0 saturated carbocycles. The van der Waals surface area contributed by atoms with E-state index in [0.717, 1.165) is 11.8 Å². The summed E-state index contributed by atoms with van der Waals surface area (Å²) in [5, 5.41) is 0. The molecule has 0 aromatic heterocycles. The van der Waals surface area contributed by atoms with Gasteiger partial charge in [-0.15, -0.1) is 0 Å². The van der Waals surface area contributed by atoms with Crippen LogP contribution < -0.4 is 5.73 Å². The Bertz CT molecular complexity index is 894. The van der Waals surface area contributed by atoms with Gasteiger partial charge in [0.2, 0.25) is 0 Å². The van der Waals surface area contributed by atoms with Crippen LogP contribution in [0, 0.1) is 6.92 Å². The molecule has 0 bridgehead atoms. The highest BCUT2D eigenvalue weighted by atomic mass is 32.2. The molecule has 5 nitrogen and oxygen atoms in total. The van der Waals surface area contributed by atoms with Gasteiger partial charge in [0.1, 0.15) is 0 Å². The van der Waals surface area contributed by atoms with E-state index in [4.69, 9.17) is 5.73 Å². The summed E-state index contributed by atoms with van der Waals surface area (Å²) in [4.78, 5) is 14.7. The maximum absolute atomic E-state index is 12.8. The summed E-state index contributed by atoms with van der Waals surface area (Å²) in [7, 11) is -3.37. The molecule has 1 fully saturated rings. The molecule has 2 aromatic rings. The Morgan fingerprint density at radius 1 is 1.12 bits per heavy atom. The average Bonchev–Trinajstić information content (AvgIpc) is 2.96. The fourth-order valence-corrected chi connectivity index (χ4v) is 4.36. The first-order valence-electron chi connectivity index (χ1n) is 8.18. The quantitative estimate of drug-likeness (QED) is 0.910. The van der Waals surface area contributed by atoms with Crippen LogP contribution in [0.3, 0.4) is 0 Å². The highest BCUT2D eigenvalue weighted by Gasteiger charge is 2.34. The minimum atomic E-state index is -3.37. The molecule has 2 atom stereocenters. The Morgan fingerprint density at radius 2 is 1.80 bits per heavy atom. The molecule has 0 unspecified atom stereocenters. The number of benzene rings is 2. The van der Waals surface area contributed by atoms with Gasteiger partial charge in [-0.1, -0.05) is 36.4 Å². The summed E-state index contributed by atoms with van der Waals surface area (Å²) < 4.78 is 23.8. The molecular formula is C19H22N2O3S. The van der Waals surface area contributed by atoms with Gasteiger partial charge in [-0.25, -0.2) is 8.42 Å². The molecule has 1 amide bonds. The van der Waals surface area contributed by atoms with Gasteiger partial charge in [0, 0.05) is 36.9 Å². The standard InChI is InChI=1S/C19H22N2O3S/c1-13-8-9-15(10-18(13)25(2,23)24)19(22)21-11-16(17(20)12-21)14-6-4-3-5-7-14/h3-10,16-17H,11-12,20H2,1-2H3/t16-,17+/m0/s1. The topological polar surface area (TPSA) is 80.5 Å². The number of nitrogens with two attached hydrogens (primary N) is 1. The largest absolute Gasteiger partial charge is 0.336 e. The normalized spacial score (nSPS) is 20.7. The summed E-state index contributed by atoms with van der Waals surface area (Å²) in [5.41, 5.74) is 8.39. The molecule has 132 valence electrons. The summed E-state index contributed by atoms with van der Waals surface area (Å²) in [6.07, 6.45) is 1.15. The molecule has 0 spiro atoms. The van der Waals surface area contributed by atoms with Crippen LogP contribution in [0.2, 0.25) is 0 Å². The van der Waals surface area contributed by atoms with Crippen LogP contribution in [0.5, 0.6) is 0 Å². The van der Waals surface area contributed by atoms with Crippen LogP contribution in [0.15, 0.2) is 53.4 Å². The predicted molar refractivity (Wildman–Crippen MR) is 97.4 cm³/mol. The number of likely N-dealkylation sites (tertiary alicyclic amines) is 1. The van der Waals surface area contributed by atoms with Crippen molar-refractivity contribution in [3.63, 3.8) is 0 Å². The molecule has 0 aliphatic carbocycles. The average molecular weight is 358 g/mol. The molecule has 3 rings (SSSR count). The van der Waals surface area contributed by atoms with E-state index in [0.29, 0.717) is 24.2 Å². The number of carbonyl (C=O) groups is 1. The molecule has 0 radical (unpaired) electrons. The van der Waals surface area contributed by atoms with Crippen molar-refractivity contribution >= 4 is 15.7 Å². The van der Waals surface area contributed by atoms with Gasteiger partial charge in [-0.3, -0.25) is 4.79 Å². The Hall–Kier alpha value is -2.18. The van der Waals surface area contributed by atoms with Gasteiger partial charge < -0.3 is 10.6 Å². The molecule has 1 aliphatic rings. The van der Waals surface area contributed by atoms with E-state index in [-0.39, 0.29) is 22.8 Å². The van der Waals surface area contributed by atoms with Gasteiger partial charge in [-0.2, -0.15) is 0 Å². The number of carbonyl (C=O) groups excluding carboxylic acids is 1. The van der Waals surface area contributed by atoms with Gasteiger partial charge in [-0.05, 0) is 30.2 Å². The van der Waals surface area contributed by atoms with Crippen molar-refractivity contribution in [2.45, 2.75) is 23.8 Å². The minimum Gasteiger partial charge on any atom is -0.336 e. The van der Waals surface area contributed by atoms with Crippen molar-refractivity contribution in [1.29, 1.82) is 0 Å². The summed E-state index contributed by atoms with van der Waals surface area (Å²) >= 11 is 0. The number of rotatable bonds is 3. The van der Waals surface area contributed by atoms with E-state index >= 15 is 0 Å². The summed E-state index contributed by atoms with van der Waals surface area (Å²) in [6.45, 7) is 2.72. The first-order valence-corrected chi connectivity index (χ1v) is 10.1. The molecule has 2 N–H and O–H groups in total. The van der Waals surface area contributed by atoms with Crippen molar-refractivity contribution in [2.75, 3.05) is 19.3 Å². The third-order valence-corrected chi connectivity index (χ3v) is 5.95. The lowest BCUT2D eigenvalue weighted by Gasteiger charge is -2.17. The molecule has 1 aliphatic heterocycles. The van der Waals surface area contributed by atoms with Crippen LogP contribution in [0.1, 0.15) is 27.4 Å². The van der Waals surface area contributed by atoms with E-state index in [1.54, 1.807) is 24.0 Å². The lowest BCUT2D eigenvalue weighted by Crippen LogP contribution is -2.32. The monoisotopic (exact) mass is 358 g/mol. The Kier molecular flexibility index (Phi) is 4.67. The molecule has 25 heavy (non-hydrogen) atoms. The van der Waals surface area contributed by atoms with Gasteiger partial charge in [0.05, 0.1) is 4.90 Å². The SMILES string of the molecule is Cc1ccc(C(=O)N2C[C@@H](N)[C@H](c3ccccc3)C2)cc1S(C)(=O)=O. The molecule has 2 aromatic carbocycles. The van der Waals surface area contributed by atoms with E-state index in [2.05, 4.69) is 0 Å². The van der Waals surface area contributed by atoms with Crippen molar-refractivity contribution in [3.05, 3.63) is 65.2 Å². The van der Waals surface area contributed by atoms with Gasteiger partial charge in [0.15, 0.2) is 9.84 Å². The van der Waals surface area contributed by atoms with E-state index < -0.39 is 9.84 Å². The predicted octanol–water partition coefficient (Wildman–Crippen LogP) is 1.97. The number of amides is 1. The van der Waals surface area contributed by atoms with E-state index in [9.17, 15) is 13.2 Å². The second-order valence-electron chi connectivity index (χ2n) is 6.64. The molecule has 1 saturated heterocycles. The van der Waals surface area contributed by atoms with Crippen molar-refractivity contribution in [1.82, 2.24) is 4.90 Å². The third-order valence-electron chi connectivity index (χ3n) is 4.71. The van der Waals surface area contributed by atoms with Crippen molar-refractivity contribution in [3.8, 4) is 0 Å². The number of sulfone groups is 1. The molecular weight excluding hydrogens is 336 g/mol. The van der Waals surface area contributed by atoms with Crippen molar-refractivity contribution in [2.24, 2.45) is 5.73 Å². The zero-order chi connectivity index (χ0) is 18.2. The number of aryl methyl sites for hydroxylation is 1. The second kappa shape index (κ2) is 6.61. The Balaban J connectivity index is 1.85. The van der Waals surface area contributed by atoms with E-state index in [1.807, 2.05) is 30.3 Å². The lowest BCUT2D eigenvalue weighted by molar-refractivity contribution is 0.0789. The Morgan fingerprint density at radius 3 is 2.44 bits per heavy atom. The van der Waals surface area contributed by atoms with Crippen LogP contribution >= 0.6 is 0 Å². The maximum Gasteiger partial charge on any atom is 0.253 e. The first kappa shape index (κ1) is 17.6. The smallest absolute Gasteiger partial charge is 0.253 e. The van der Waals surface area contributed by atoms with Crippen molar-refractivity contribution < 1.29 is 13.2 Å². The maximum atomic E-state index is 12.8. The van der Waals surface area contributed by atoms with Crippen LogP contribution in [0.4, 0.5) is 0 Å². The number of hydrogen-bond donors (Lipinski definition) is 1. The number of nitrogens with zero attached hydrogens (tertiary/aromatic N) is 1. The van der Waals surface area contributed by atoms with E-state index in [1.165, 1.54) is 6.07 Å². The fourth-order valence-electron chi connectivity index (χ4n) is 3.36. The van der Waals surface area contributed by atoms with Crippen LogP contribution in [0.25, 0.3) is 0 Å². The zero-order valence-electron chi connectivity index (χ0n) is 14.3. The molecule has 1 heterocycles. The fraction of sp³-hybridized carbons (Fsp3) is 0.316. The minimum absolute atomic E-state index is 0.0879. The van der Waals surface area contributed by atoms with Gasteiger partial charge >= 0.3 is 0 Å². The highest BCUT2D eigenvalue weighted by molar-refractivity contribution is 7.90. The Labute approximate surface area is 148 Å². The second-order valence-corrected chi connectivity index (χ2v) is 8.63.